The van der Waals surface area contributed by atoms with Gasteiger partial charge >= 0.3 is 0 Å². The van der Waals surface area contributed by atoms with E-state index >= 15 is 0 Å². The summed E-state index contributed by atoms with van der Waals surface area (Å²) >= 11 is 0. The van der Waals surface area contributed by atoms with Crippen molar-refractivity contribution in [3.63, 3.8) is 0 Å². The number of halogens is 2. The smallest absolute Gasteiger partial charge is 0.253 e. The van der Waals surface area contributed by atoms with Gasteiger partial charge in [0, 0.05) is 32.2 Å². The molecule has 7 heteroatoms. The number of piperidine rings is 1. The molecule has 0 spiro atoms. The number of hydrogen-bond acceptors (Lipinski definition) is 4. The van der Waals surface area contributed by atoms with E-state index in [1.807, 2.05) is 4.90 Å². The van der Waals surface area contributed by atoms with Crippen LogP contribution in [0, 0.1) is 5.92 Å². The maximum atomic E-state index is 12.6. The van der Waals surface area contributed by atoms with Crippen LogP contribution in [0.1, 0.15) is 32.6 Å². The molecule has 23 heavy (non-hydrogen) atoms. The molecule has 0 bridgehead atoms. The number of nitrogens with one attached hydrogen (secondary N) is 1. The molecule has 0 aromatic rings. The van der Waals surface area contributed by atoms with Gasteiger partial charge in [-0.15, -0.1) is 24.8 Å². The predicted molar refractivity (Wildman–Crippen MR) is 96.7 cm³/mol. The van der Waals surface area contributed by atoms with Crippen molar-refractivity contribution in [2.45, 2.75) is 44.8 Å². The van der Waals surface area contributed by atoms with Crippen LogP contribution in [0.3, 0.4) is 0 Å². The molecule has 0 radical (unpaired) electrons. The van der Waals surface area contributed by atoms with Crippen molar-refractivity contribution in [3.05, 3.63) is 0 Å². The Morgan fingerprint density at radius 1 is 1.13 bits per heavy atom. The first kappa shape index (κ1) is 21.0. The van der Waals surface area contributed by atoms with Crippen molar-refractivity contribution in [1.82, 2.24) is 15.1 Å². The van der Waals surface area contributed by atoms with Crippen LogP contribution in [-0.2, 0) is 9.53 Å². The van der Waals surface area contributed by atoms with Crippen molar-refractivity contribution in [1.29, 1.82) is 0 Å². The van der Waals surface area contributed by atoms with Crippen LogP contribution in [0.5, 0.6) is 0 Å². The van der Waals surface area contributed by atoms with E-state index in [2.05, 4.69) is 17.1 Å². The van der Waals surface area contributed by atoms with E-state index in [0.717, 1.165) is 51.5 Å². The quantitative estimate of drug-likeness (QED) is 0.800. The Morgan fingerprint density at radius 2 is 1.83 bits per heavy atom. The van der Waals surface area contributed by atoms with Crippen LogP contribution in [0.25, 0.3) is 0 Å². The molecule has 1 N–H and O–H groups in total. The normalized spacial score (nSPS) is 26.3. The van der Waals surface area contributed by atoms with Crippen LogP contribution in [0.15, 0.2) is 0 Å². The summed E-state index contributed by atoms with van der Waals surface area (Å²) in [7, 11) is 0. The summed E-state index contributed by atoms with van der Waals surface area (Å²) in [5.74, 6) is 1.13. The monoisotopic (exact) mass is 367 g/mol. The average molecular weight is 368 g/mol. The molecule has 3 fully saturated rings. The van der Waals surface area contributed by atoms with E-state index in [4.69, 9.17) is 4.74 Å². The zero-order chi connectivity index (χ0) is 14.7. The molecule has 1 aliphatic carbocycles. The van der Waals surface area contributed by atoms with E-state index in [9.17, 15) is 4.79 Å². The highest BCUT2D eigenvalue weighted by Gasteiger charge is 2.32. The third kappa shape index (κ3) is 6.05. The van der Waals surface area contributed by atoms with Crippen LogP contribution in [0.2, 0.25) is 0 Å². The fourth-order valence-electron chi connectivity index (χ4n) is 3.30. The molecular weight excluding hydrogens is 337 g/mol. The molecule has 5 nitrogen and oxygen atoms in total. The van der Waals surface area contributed by atoms with Gasteiger partial charge in [0.25, 0.3) is 5.91 Å². The van der Waals surface area contributed by atoms with Gasteiger partial charge in [-0.1, -0.05) is 6.92 Å². The molecule has 2 saturated heterocycles. The number of carbonyl (C=O) groups excluding carboxylic acids is 1. The number of likely N-dealkylation sites (N-methyl/N-ethyl adjacent to an activating group) is 1. The SMILES string of the molecule is CCN1CCOC(C(=O)N2CCC(NCC3CC3)CC2)C1.Cl.Cl. The maximum Gasteiger partial charge on any atom is 0.253 e. The molecule has 2 aliphatic heterocycles. The van der Waals surface area contributed by atoms with Gasteiger partial charge in [0.1, 0.15) is 6.10 Å². The summed E-state index contributed by atoms with van der Waals surface area (Å²) in [6.45, 7) is 8.48. The van der Waals surface area contributed by atoms with Gasteiger partial charge in [0.2, 0.25) is 0 Å². The zero-order valence-corrected chi connectivity index (χ0v) is 15.7. The number of ether oxygens (including phenoxy) is 1. The minimum absolute atomic E-state index is 0. The summed E-state index contributed by atoms with van der Waals surface area (Å²) in [5, 5.41) is 3.66. The second kappa shape index (κ2) is 10.0. The number of morpholine rings is 1. The highest BCUT2D eigenvalue weighted by molar-refractivity contribution is 5.85. The molecule has 1 unspecified atom stereocenters. The van der Waals surface area contributed by atoms with Crippen LogP contribution in [-0.4, -0.2) is 73.7 Å². The second-order valence-electron chi connectivity index (χ2n) is 6.70. The Kier molecular flexibility index (Phi) is 9.16. The molecule has 3 rings (SSSR count). The van der Waals surface area contributed by atoms with Crippen molar-refractivity contribution in [3.8, 4) is 0 Å². The molecule has 0 aromatic carbocycles. The van der Waals surface area contributed by atoms with E-state index in [1.165, 1.54) is 19.4 Å². The maximum absolute atomic E-state index is 12.6. The lowest BCUT2D eigenvalue weighted by Gasteiger charge is -2.37. The molecule has 1 amide bonds. The van der Waals surface area contributed by atoms with Crippen LogP contribution >= 0.6 is 24.8 Å². The number of nitrogens with zero attached hydrogens (tertiary/aromatic N) is 2. The van der Waals surface area contributed by atoms with Crippen molar-refractivity contribution < 1.29 is 9.53 Å². The Labute approximate surface area is 152 Å². The van der Waals surface area contributed by atoms with E-state index in [1.54, 1.807) is 0 Å². The minimum Gasteiger partial charge on any atom is -0.366 e. The summed E-state index contributed by atoms with van der Waals surface area (Å²) in [6, 6.07) is 0.606. The van der Waals surface area contributed by atoms with Gasteiger partial charge in [0.05, 0.1) is 6.61 Å². The van der Waals surface area contributed by atoms with Gasteiger partial charge in [-0.2, -0.15) is 0 Å². The van der Waals surface area contributed by atoms with E-state index < -0.39 is 0 Å². The first-order chi connectivity index (χ1) is 10.3. The largest absolute Gasteiger partial charge is 0.366 e. The standard InChI is InChI=1S/C16H29N3O2.2ClH/c1-2-18-9-10-21-15(12-18)16(20)19-7-5-14(6-8-19)17-11-13-3-4-13;;/h13-15,17H,2-12H2,1H3;2*1H. The molecular formula is C16H31Cl2N3O2. The van der Waals surface area contributed by atoms with Gasteiger partial charge in [-0.05, 0) is 44.7 Å². The Bertz CT molecular complexity index is 361. The summed E-state index contributed by atoms with van der Waals surface area (Å²) in [4.78, 5) is 16.9. The topological polar surface area (TPSA) is 44.8 Å². The molecule has 0 aromatic heterocycles. The zero-order valence-electron chi connectivity index (χ0n) is 14.0. The summed E-state index contributed by atoms with van der Waals surface area (Å²) < 4.78 is 5.69. The average Bonchev–Trinajstić information content (AvgIpc) is 3.37. The first-order valence-corrected chi connectivity index (χ1v) is 8.62. The third-order valence-corrected chi connectivity index (χ3v) is 5.07. The number of amides is 1. The summed E-state index contributed by atoms with van der Waals surface area (Å²) in [5.41, 5.74) is 0. The van der Waals surface area contributed by atoms with Gasteiger partial charge < -0.3 is 15.0 Å². The Morgan fingerprint density at radius 3 is 2.43 bits per heavy atom. The predicted octanol–water partition coefficient (Wildman–Crippen LogP) is 1.54. The van der Waals surface area contributed by atoms with Crippen molar-refractivity contribution in [2.24, 2.45) is 5.92 Å². The Balaban J connectivity index is 0.00000132. The number of carbonyl (C=O) groups is 1. The molecule has 1 atom stereocenters. The highest BCUT2D eigenvalue weighted by Crippen LogP contribution is 2.28. The fourth-order valence-corrected chi connectivity index (χ4v) is 3.30. The first-order valence-electron chi connectivity index (χ1n) is 8.62. The van der Waals surface area contributed by atoms with Crippen LogP contribution in [0.4, 0.5) is 0 Å². The highest BCUT2D eigenvalue weighted by atomic mass is 35.5. The van der Waals surface area contributed by atoms with Gasteiger partial charge in [-0.25, -0.2) is 0 Å². The molecule has 3 aliphatic rings. The lowest BCUT2D eigenvalue weighted by molar-refractivity contribution is -0.150. The third-order valence-electron chi connectivity index (χ3n) is 5.07. The van der Waals surface area contributed by atoms with Crippen molar-refractivity contribution in [2.75, 3.05) is 45.9 Å². The van der Waals surface area contributed by atoms with E-state index in [-0.39, 0.29) is 36.8 Å². The number of likely N-dealkylation sites (tertiary alicyclic amines) is 1. The molecule has 136 valence electrons. The molecule has 2 heterocycles. The minimum atomic E-state index is -0.241. The lowest BCUT2D eigenvalue weighted by atomic mass is 10.0. The van der Waals surface area contributed by atoms with Crippen molar-refractivity contribution >= 4 is 30.7 Å². The second-order valence-corrected chi connectivity index (χ2v) is 6.70. The molecule has 1 saturated carbocycles. The van der Waals surface area contributed by atoms with E-state index in [0.29, 0.717) is 12.6 Å². The Hall–Kier alpha value is -0.0700. The number of rotatable bonds is 5. The summed E-state index contributed by atoms with van der Waals surface area (Å²) in [6.07, 6.45) is 4.73. The van der Waals surface area contributed by atoms with Crippen LogP contribution < -0.4 is 5.32 Å². The number of hydrogen-bond donors (Lipinski definition) is 1. The lowest BCUT2D eigenvalue weighted by Crippen LogP contribution is -2.53. The van der Waals surface area contributed by atoms with Gasteiger partial charge in [-0.3, -0.25) is 9.69 Å². The fraction of sp³-hybridized carbons (Fsp3) is 0.938. The van der Waals surface area contributed by atoms with Gasteiger partial charge in [0.15, 0.2) is 0 Å².